The SMILES string of the molecule is CCc1cc(=O)[nH]c2cc(NC(=O)C3CC(=O)N(c4ccc(C)cc4)C3)ccc12. The zero-order valence-electron chi connectivity index (χ0n) is 16.5. The van der Waals surface area contributed by atoms with E-state index < -0.39 is 5.92 Å². The summed E-state index contributed by atoms with van der Waals surface area (Å²) < 4.78 is 0. The lowest BCUT2D eigenvalue weighted by molar-refractivity contribution is -0.122. The molecule has 2 N–H and O–H groups in total. The number of carbonyl (C=O) groups is 2. The number of anilines is 2. The topological polar surface area (TPSA) is 82.3 Å². The molecule has 2 aromatic carbocycles. The average Bonchev–Trinajstić information content (AvgIpc) is 3.09. The Morgan fingerprint density at radius 1 is 1.14 bits per heavy atom. The molecule has 1 saturated heterocycles. The fourth-order valence-corrected chi connectivity index (χ4v) is 3.80. The van der Waals surface area contributed by atoms with Gasteiger partial charge in [0.25, 0.3) is 0 Å². The minimum atomic E-state index is -0.416. The predicted molar refractivity (Wildman–Crippen MR) is 114 cm³/mol. The molecule has 2 heterocycles. The first-order chi connectivity index (χ1) is 13.9. The number of hydrogen-bond donors (Lipinski definition) is 2. The summed E-state index contributed by atoms with van der Waals surface area (Å²) >= 11 is 0. The summed E-state index contributed by atoms with van der Waals surface area (Å²) in [5.74, 6) is -0.661. The number of aryl methyl sites for hydroxylation is 2. The molecule has 4 rings (SSSR count). The van der Waals surface area contributed by atoms with E-state index in [4.69, 9.17) is 0 Å². The van der Waals surface area contributed by atoms with Crippen LogP contribution in [-0.2, 0) is 16.0 Å². The third-order valence-electron chi connectivity index (χ3n) is 5.42. The summed E-state index contributed by atoms with van der Waals surface area (Å²) in [6.45, 7) is 4.35. The van der Waals surface area contributed by atoms with E-state index in [0.29, 0.717) is 17.7 Å². The van der Waals surface area contributed by atoms with Crippen molar-refractivity contribution in [1.82, 2.24) is 4.98 Å². The van der Waals surface area contributed by atoms with E-state index in [1.54, 1.807) is 17.0 Å². The molecule has 148 valence electrons. The van der Waals surface area contributed by atoms with Crippen LogP contribution in [0.1, 0.15) is 24.5 Å². The van der Waals surface area contributed by atoms with Crippen molar-refractivity contribution in [3.05, 3.63) is 70.0 Å². The van der Waals surface area contributed by atoms with E-state index >= 15 is 0 Å². The smallest absolute Gasteiger partial charge is 0.248 e. The molecule has 0 radical (unpaired) electrons. The number of nitrogens with one attached hydrogen (secondary N) is 2. The number of fused-ring (bicyclic) bond motifs is 1. The lowest BCUT2D eigenvalue weighted by Crippen LogP contribution is -2.28. The molecule has 0 aliphatic carbocycles. The van der Waals surface area contributed by atoms with E-state index in [0.717, 1.165) is 28.6 Å². The van der Waals surface area contributed by atoms with Gasteiger partial charge in [0.2, 0.25) is 17.4 Å². The highest BCUT2D eigenvalue weighted by atomic mass is 16.2. The van der Waals surface area contributed by atoms with Crippen molar-refractivity contribution < 1.29 is 9.59 Å². The molecule has 0 bridgehead atoms. The van der Waals surface area contributed by atoms with Gasteiger partial charge in [0.15, 0.2) is 0 Å². The number of pyridine rings is 1. The minimum absolute atomic E-state index is 0.0515. The second kappa shape index (κ2) is 7.54. The quantitative estimate of drug-likeness (QED) is 0.718. The molecule has 1 aromatic heterocycles. The van der Waals surface area contributed by atoms with Gasteiger partial charge in [-0.3, -0.25) is 14.4 Å². The lowest BCUT2D eigenvalue weighted by atomic mass is 10.1. The number of aromatic amines is 1. The maximum Gasteiger partial charge on any atom is 0.248 e. The molecular weight excluding hydrogens is 366 g/mol. The van der Waals surface area contributed by atoms with E-state index in [2.05, 4.69) is 10.3 Å². The first-order valence-electron chi connectivity index (χ1n) is 9.78. The van der Waals surface area contributed by atoms with Crippen LogP contribution in [0.4, 0.5) is 11.4 Å². The zero-order chi connectivity index (χ0) is 20.5. The largest absolute Gasteiger partial charge is 0.326 e. The van der Waals surface area contributed by atoms with Gasteiger partial charge in [-0.05, 0) is 43.2 Å². The number of benzene rings is 2. The number of aromatic nitrogens is 1. The Balaban J connectivity index is 1.51. The van der Waals surface area contributed by atoms with E-state index in [-0.39, 0.29) is 23.8 Å². The van der Waals surface area contributed by atoms with Gasteiger partial charge in [-0.2, -0.15) is 0 Å². The standard InChI is InChI=1S/C23H23N3O3/c1-3-15-10-21(27)25-20-12-17(6-9-19(15)20)24-23(29)16-11-22(28)26(13-16)18-7-4-14(2)5-8-18/h4-10,12,16H,3,11,13H2,1-2H3,(H,24,29)(H,25,27). The van der Waals surface area contributed by atoms with Crippen LogP contribution in [0, 0.1) is 12.8 Å². The number of H-pyrrole nitrogens is 1. The molecule has 1 unspecified atom stereocenters. The maximum absolute atomic E-state index is 12.8. The van der Waals surface area contributed by atoms with Crippen LogP contribution in [0.3, 0.4) is 0 Å². The van der Waals surface area contributed by atoms with Crippen molar-refractivity contribution in [1.29, 1.82) is 0 Å². The highest BCUT2D eigenvalue weighted by Crippen LogP contribution is 2.27. The van der Waals surface area contributed by atoms with Crippen LogP contribution in [0.2, 0.25) is 0 Å². The van der Waals surface area contributed by atoms with Crippen LogP contribution in [0.15, 0.2) is 53.3 Å². The summed E-state index contributed by atoms with van der Waals surface area (Å²) in [6.07, 6.45) is 0.940. The van der Waals surface area contributed by atoms with Crippen molar-refractivity contribution in [3.8, 4) is 0 Å². The monoisotopic (exact) mass is 389 g/mol. The van der Waals surface area contributed by atoms with Crippen molar-refractivity contribution >= 4 is 34.1 Å². The molecule has 6 nitrogen and oxygen atoms in total. The zero-order valence-corrected chi connectivity index (χ0v) is 16.5. The van der Waals surface area contributed by atoms with E-state index in [9.17, 15) is 14.4 Å². The number of amides is 2. The molecule has 3 aromatic rings. The first kappa shape index (κ1) is 18.9. The molecule has 2 amide bonds. The van der Waals surface area contributed by atoms with E-state index in [1.165, 1.54) is 0 Å². The average molecular weight is 389 g/mol. The van der Waals surface area contributed by atoms with Crippen LogP contribution < -0.4 is 15.8 Å². The third kappa shape index (κ3) is 3.78. The summed E-state index contributed by atoms with van der Waals surface area (Å²) in [7, 11) is 0. The van der Waals surface area contributed by atoms with Crippen molar-refractivity contribution in [2.75, 3.05) is 16.8 Å². The van der Waals surface area contributed by atoms with Crippen molar-refractivity contribution in [2.45, 2.75) is 26.7 Å². The van der Waals surface area contributed by atoms with Crippen LogP contribution >= 0.6 is 0 Å². The van der Waals surface area contributed by atoms with Gasteiger partial charge in [0, 0.05) is 35.8 Å². The Bertz CT molecular complexity index is 1150. The molecule has 6 heteroatoms. The Labute approximate surface area is 168 Å². The van der Waals surface area contributed by atoms with Crippen LogP contribution in [0.5, 0.6) is 0 Å². The summed E-state index contributed by atoms with van der Waals surface area (Å²) in [5.41, 5.74) is 4.04. The summed E-state index contributed by atoms with van der Waals surface area (Å²) in [5, 5.41) is 3.86. The van der Waals surface area contributed by atoms with Crippen LogP contribution in [-0.4, -0.2) is 23.3 Å². The fourth-order valence-electron chi connectivity index (χ4n) is 3.80. The van der Waals surface area contributed by atoms with Gasteiger partial charge < -0.3 is 15.2 Å². The van der Waals surface area contributed by atoms with Crippen LogP contribution in [0.25, 0.3) is 10.9 Å². The lowest BCUT2D eigenvalue weighted by Gasteiger charge is -2.17. The fraction of sp³-hybridized carbons (Fsp3) is 0.261. The third-order valence-corrected chi connectivity index (χ3v) is 5.42. The van der Waals surface area contributed by atoms with Gasteiger partial charge >= 0.3 is 0 Å². The minimum Gasteiger partial charge on any atom is -0.326 e. The van der Waals surface area contributed by atoms with Gasteiger partial charge in [0.1, 0.15) is 0 Å². The van der Waals surface area contributed by atoms with E-state index in [1.807, 2.05) is 50.2 Å². The molecule has 1 atom stereocenters. The Morgan fingerprint density at radius 2 is 1.90 bits per heavy atom. The normalized spacial score (nSPS) is 16.4. The van der Waals surface area contributed by atoms with Crippen molar-refractivity contribution in [3.63, 3.8) is 0 Å². The highest BCUT2D eigenvalue weighted by molar-refractivity contribution is 6.04. The number of carbonyl (C=O) groups excluding carboxylic acids is 2. The molecule has 1 fully saturated rings. The highest BCUT2D eigenvalue weighted by Gasteiger charge is 2.35. The maximum atomic E-state index is 12.8. The number of hydrogen-bond acceptors (Lipinski definition) is 3. The molecule has 0 spiro atoms. The van der Waals surface area contributed by atoms with Crippen molar-refractivity contribution in [2.24, 2.45) is 5.92 Å². The van der Waals surface area contributed by atoms with Gasteiger partial charge in [0.05, 0.1) is 11.4 Å². The summed E-state index contributed by atoms with van der Waals surface area (Å²) in [4.78, 5) is 41.5. The van der Waals surface area contributed by atoms with Gasteiger partial charge in [-0.15, -0.1) is 0 Å². The molecule has 29 heavy (non-hydrogen) atoms. The molecule has 0 saturated carbocycles. The molecule has 1 aliphatic heterocycles. The Hall–Kier alpha value is -3.41. The first-order valence-corrected chi connectivity index (χ1v) is 9.78. The second-order valence-corrected chi connectivity index (χ2v) is 7.50. The number of nitrogens with zero attached hydrogens (tertiary/aromatic N) is 1. The molecule has 1 aliphatic rings. The summed E-state index contributed by atoms with van der Waals surface area (Å²) in [6, 6.07) is 14.8. The second-order valence-electron chi connectivity index (χ2n) is 7.50. The van der Waals surface area contributed by atoms with Gasteiger partial charge in [-0.1, -0.05) is 30.7 Å². The number of rotatable bonds is 4. The predicted octanol–water partition coefficient (Wildman–Crippen LogP) is 3.39. The van der Waals surface area contributed by atoms with Gasteiger partial charge in [-0.25, -0.2) is 0 Å². The Kier molecular flexibility index (Phi) is 4.92. The Morgan fingerprint density at radius 3 is 2.62 bits per heavy atom. The molecular formula is C23H23N3O3.